The number of hydrazine groups is 1. The molecule has 0 aliphatic heterocycles. The van der Waals surface area contributed by atoms with Crippen LogP contribution in [0.2, 0.25) is 0 Å². The Morgan fingerprint density at radius 2 is 1.56 bits per heavy atom. The molecule has 1 atom stereocenters. The van der Waals surface area contributed by atoms with E-state index >= 15 is 0 Å². The van der Waals surface area contributed by atoms with Crippen LogP contribution in [0.5, 0.6) is 0 Å². The van der Waals surface area contributed by atoms with E-state index < -0.39 is 11.9 Å². The third-order valence-corrected chi connectivity index (χ3v) is 3.67. The van der Waals surface area contributed by atoms with Gasteiger partial charge in [-0.15, -0.1) is 0 Å². The van der Waals surface area contributed by atoms with Crippen molar-refractivity contribution < 1.29 is 14.4 Å². The highest BCUT2D eigenvalue weighted by molar-refractivity contribution is 5.96. The fourth-order valence-electron chi connectivity index (χ4n) is 2.44. The van der Waals surface area contributed by atoms with Crippen molar-refractivity contribution in [1.82, 2.24) is 16.2 Å². The van der Waals surface area contributed by atoms with Crippen molar-refractivity contribution in [3.8, 4) is 0 Å². The van der Waals surface area contributed by atoms with Crippen LogP contribution in [-0.4, -0.2) is 17.7 Å². The number of amides is 3. The van der Waals surface area contributed by atoms with Crippen molar-refractivity contribution in [3.63, 3.8) is 0 Å². The normalized spacial score (nSPS) is 11.3. The lowest BCUT2D eigenvalue weighted by Crippen LogP contribution is -2.43. The smallest absolute Gasteiger partial charge is 0.269 e. The molecule has 3 amide bonds. The molecule has 0 unspecified atom stereocenters. The summed E-state index contributed by atoms with van der Waals surface area (Å²) in [5.74, 6) is -1.02. The molecule has 0 fully saturated rings. The molecular formula is C19H21N3O3. The number of hydrogen-bond donors (Lipinski definition) is 3. The molecule has 6 heteroatoms. The summed E-state index contributed by atoms with van der Waals surface area (Å²) in [5.41, 5.74) is 6.91. The minimum absolute atomic E-state index is 0.0116. The fourth-order valence-corrected chi connectivity index (χ4v) is 2.44. The molecule has 25 heavy (non-hydrogen) atoms. The summed E-state index contributed by atoms with van der Waals surface area (Å²) in [6.45, 7) is 3.22. The molecule has 0 aliphatic carbocycles. The Bertz CT molecular complexity index is 760. The van der Waals surface area contributed by atoms with Crippen LogP contribution in [0.4, 0.5) is 0 Å². The van der Waals surface area contributed by atoms with Crippen LogP contribution < -0.4 is 16.2 Å². The molecule has 2 aromatic rings. The van der Waals surface area contributed by atoms with Crippen LogP contribution in [0, 0.1) is 6.92 Å². The lowest BCUT2D eigenvalue weighted by Gasteiger charge is -2.18. The zero-order valence-electron chi connectivity index (χ0n) is 14.2. The van der Waals surface area contributed by atoms with Crippen molar-refractivity contribution in [2.45, 2.75) is 26.3 Å². The molecule has 6 nitrogen and oxygen atoms in total. The molecule has 0 radical (unpaired) electrons. The van der Waals surface area contributed by atoms with Gasteiger partial charge in [0.15, 0.2) is 0 Å². The minimum Gasteiger partial charge on any atom is -0.349 e. The summed E-state index contributed by atoms with van der Waals surface area (Å²) < 4.78 is 0. The van der Waals surface area contributed by atoms with Gasteiger partial charge in [0.2, 0.25) is 11.8 Å². The fraction of sp³-hybridized carbons (Fsp3) is 0.211. The summed E-state index contributed by atoms with van der Waals surface area (Å²) in [4.78, 5) is 35.6. The Hall–Kier alpha value is -3.15. The molecule has 0 saturated carbocycles. The third kappa shape index (κ3) is 5.46. The number of carbonyl (C=O) groups is 3. The van der Waals surface area contributed by atoms with Gasteiger partial charge in [-0.05, 0) is 24.1 Å². The Kier molecular flexibility index (Phi) is 6.28. The highest BCUT2D eigenvalue weighted by Crippen LogP contribution is 2.16. The maximum absolute atomic E-state index is 12.2. The van der Waals surface area contributed by atoms with Crippen LogP contribution in [0.3, 0.4) is 0 Å². The van der Waals surface area contributed by atoms with Gasteiger partial charge in [0.1, 0.15) is 0 Å². The Balaban J connectivity index is 1.96. The number of carbonyl (C=O) groups excluding carboxylic acids is 3. The minimum atomic E-state index is -0.464. The molecule has 130 valence electrons. The monoisotopic (exact) mass is 339 g/mol. The molecule has 0 spiro atoms. The van der Waals surface area contributed by atoms with Crippen LogP contribution >= 0.6 is 0 Å². The predicted octanol–water partition coefficient (Wildman–Crippen LogP) is 2.02. The van der Waals surface area contributed by atoms with E-state index in [0.29, 0.717) is 5.56 Å². The predicted molar refractivity (Wildman–Crippen MR) is 94.4 cm³/mol. The SMILES string of the molecule is CC(=O)N[C@H](CC(=O)NNC(=O)c1ccccc1C)c1ccccc1. The molecule has 0 aromatic heterocycles. The van der Waals surface area contributed by atoms with Crippen molar-refractivity contribution in [3.05, 3.63) is 71.3 Å². The van der Waals surface area contributed by atoms with Gasteiger partial charge in [-0.2, -0.15) is 0 Å². The second-order valence-electron chi connectivity index (χ2n) is 5.69. The van der Waals surface area contributed by atoms with Gasteiger partial charge in [0, 0.05) is 12.5 Å². The van der Waals surface area contributed by atoms with E-state index in [1.807, 2.05) is 49.4 Å². The average molecular weight is 339 g/mol. The van der Waals surface area contributed by atoms with Crippen molar-refractivity contribution in [2.75, 3.05) is 0 Å². The van der Waals surface area contributed by atoms with Gasteiger partial charge >= 0.3 is 0 Å². The number of benzene rings is 2. The standard InChI is InChI=1S/C19H21N3O3/c1-13-8-6-7-11-16(13)19(25)22-21-18(24)12-17(20-14(2)23)15-9-4-3-5-10-15/h3-11,17H,12H2,1-2H3,(H,20,23)(H,21,24)(H,22,25)/t17-/m1/s1. The Labute approximate surface area is 146 Å². The number of nitrogens with one attached hydrogen (secondary N) is 3. The van der Waals surface area contributed by atoms with E-state index in [2.05, 4.69) is 16.2 Å². The van der Waals surface area contributed by atoms with Crippen LogP contribution in [-0.2, 0) is 9.59 Å². The second kappa shape index (κ2) is 8.63. The highest BCUT2D eigenvalue weighted by Gasteiger charge is 2.17. The molecule has 0 saturated heterocycles. The second-order valence-corrected chi connectivity index (χ2v) is 5.69. The first-order valence-electron chi connectivity index (χ1n) is 7.94. The van der Waals surface area contributed by atoms with Gasteiger partial charge in [0.05, 0.1) is 12.5 Å². The molecule has 2 aromatic carbocycles. The zero-order valence-corrected chi connectivity index (χ0v) is 14.2. The third-order valence-electron chi connectivity index (χ3n) is 3.67. The first-order chi connectivity index (χ1) is 12.0. The van der Waals surface area contributed by atoms with Gasteiger partial charge in [0.25, 0.3) is 5.91 Å². The summed E-state index contributed by atoms with van der Waals surface area (Å²) >= 11 is 0. The van der Waals surface area contributed by atoms with E-state index in [4.69, 9.17) is 0 Å². The van der Waals surface area contributed by atoms with E-state index in [1.165, 1.54) is 6.92 Å². The molecular weight excluding hydrogens is 318 g/mol. The van der Waals surface area contributed by atoms with Crippen molar-refractivity contribution in [1.29, 1.82) is 0 Å². The lowest BCUT2D eigenvalue weighted by molar-refractivity contribution is -0.123. The topological polar surface area (TPSA) is 87.3 Å². The van der Waals surface area contributed by atoms with Crippen molar-refractivity contribution in [2.24, 2.45) is 0 Å². The molecule has 0 aliphatic rings. The van der Waals surface area contributed by atoms with Crippen LogP contribution in [0.25, 0.3) is 0 Å². The number of aryl methyl sites for hydroxylation is 1. The first-order valence-corrected chi connectivity index (χ1v) is 7.94. The molecule has 0 bridgehead atoms. The quantitative estimate of drug-likeness (QED) is 0.728. The number of hydrogen-bond acceptors (Lipinski definition) is 3. The summed E-state index contributed by atoms with van der Waals surface area (Å²) in [5, 5.41) is 2.74. The Morgan fingerprint density at radius 3 is 2.20 bits per heavy atom. The van der Waals surface area contributed by atoms with E-state index in [1.54, 1.807) is 12.1 Å². The molecule has 0 heterocycles. The largest absolute Gasteiger partial charge is 0.349 e. The average Bonchev–Trinajstić information content (AvgIpc) is 2.60. The van der Waals surface area contributed by atoms with Gasteiger partial charge in [-0.1, -0.05) is 48.5 Å². The van der Waals surface area contributed by atoms with Gasteiger partial charge in [-0.3, -0.25) is 25.2 Å². The van der Waals surface area contributed by atoms with Gasteiger partial charge in [-0.25, -0.2) is 0 Å². The molecule has 2 rings (SSSR count). The number of rotatable bonds is 5. The summed E-state index contributed by atoms with van der Waals surface area (Å²) in [6, 6.07) is 15.8. The maximum atomic E-state index is 12.2. The first kappa shape index (κ1) is 18.2. The van der Waals surface area contributed by atoms with Gasteiger partial charge < -0.3 is 5.32 Å². The summed E-state index contributed by atoms with van der Waals surface area (Å²) in [7, 11) is 0. The molecule has 3 N–H and O–H groups in total. The highest BCUT2D eigenvalue weighted by atomic mass is 16.2. The zero-order chi connectivity index (χ0) is 18.2. The van der Waals surface area contributed by atoms with E-state index in [-0.39, 0.29) is 18.2 Å². The van der Waals surface area contributed by atoms with Crippen LogP contribution in [0.15, 0.2) is 54.6 Å². The van der Waals surface area contributed by atoms with E-state index in [9.17, 15) is 14.4 Å². The van der Waals surface area contributed by atoms with Crippen molar-refractivity contribution >= 4 is 17.7 Å². The summed E-state index contributed by atoms with van der Waals surface area (Å²) in [6.07, 6.45) is 0.0116. The van der Waals surface area contributed by atoms with Crippen LogP contribution in [0.1, 0.15) is 40.9 Å². The van der Waals surface area contributed by atoms with E-state index in [0.717, 1.165) is 11.1 Å². The maximum Gasteiger partial charge on any atom is 0.269 e. The lowest BCUT2D eigenvalue weighted by atomic mass is 10.0. The Morgan fingerprint density at radius 1 is 0.920 bits per heavy atom.